The molecule has 0 radical (unpaired) electrons. The van der Waals surface area contributed by atoms with Gasteiger partial charge in [0.15, 0.2) is 0 Å². The second-order valence-corrected chi connectivity index (χ2v) is 11.9. The van der Waals surface area contributed by atoms with Crippen LogP contribution in [0.15, 0.2) is 30.3 Å². The van der Waals surface area contributed by atoms with Crippen molar-refractivity contribution in [2.45, 2.75) is 74.6 Å². The average molecular weight is 475 g/mol. The molecular weight excluding hydrogens is 440 g/mol. The lowest BCUT2D eigenvalue weighted by atomic mass is 9.71. The van der Waals surface area contributed by atoms with Crippen molar-refractivity contribution in [3.8, 4) is 0 Å². The highest BCUT2D eigenvalue weighted by atomic mass is 32.2. The summed E-state index contributed by atoms with van der Waals surface area (Å²) in [5.41, 5.74) is 0.504. The summed E-state index contributed by atoms with van der Waals surface area (Å²) in [6, 6.07) is 8.35. The highest BCUT2D eigenvalue weighted by Gasteiger charge is 2.74. The van der Waals surface area contributed by atoms with Crippen LogP contribution in [0.3, 0.4) is 0 Å². The first-order chi connectivity index (χ1) is 15.6. The van der Waals surface area contributed by atoms with Crippen molar-refractivity contribution in [1.82, 2.24) is 10.2 Å². The lowest BCUT2D eigenvalue weighted by Crippen LogP contribution is -2.59. The summed E-state index contributed by atoms with van der Waals surface area (Å²) in [4.78, 5) is 42.2. The van der Waals surface area contributed by atoms with Crippen LogP contribution in [0, 0.1) is 11.8 Å². The molecule has 3 heterocycles. The van der Waals surface area contributed by atoms with Gasteiger partial charge < -0.3 is 20.1 Å². The zero-order valence-corrected chi connectivity index (χ0v) is 20.6. The molecule has 1 aromatic carbocycles. The monoisotopic (exact) mass is 474 g/mol. The minimum absolute atomic E-state index is 0.0215. The largest absolute Gasteiger partial charge is 0.466 e. The van der Waals surface area contributed by atoms with Gasteiger partial charge in [-0.15, -0.1) is 11.8 Å². The molecule has 3 saturated heterocycles. The Morgan fingerprint density at radius 3 is 2.61 bits per heavy atom. The molecule has 1 spiro atoms. The Hall–Kier alpha value is -2.06. The van der Waals surface area contributed by atoms with Crippen LogP contribution in [0.1, 0.15) is 46.1 Å². The molecule has 33 heavy (non-hydrogen) atoms. The van der Waals surface area contributed by atoms with Crippen molar-refractivity contribution in [3.63, 3.8) is 0 Å². The molecule has 2 N–H and O–H groups in total. The Bertz CT molecular complexity index is 917. The molecule has 6 atom stereocenters. The van der Waals surface area contributed by atoms with Gasteiger partial charge in [0, 0.05) is 10.8 Å². The molecule has 2 unspecified atom stereocenters. The fourth-order valence-electron chi connectivity index (χ4n) is 5.87. The molecular formula is C25H34N2O5S. The summed E-state index contributed by atoms with van der Waals surface area (Å²) in [5.74, 6) is -1.95. The molecule has 180 valence electrons. The van der Waals surface area contributed by atoms with Crippen LogP contribution in [0.2, 0.25) is 0 Å². The summed E-state index contributed by atoms with van der Waals surface area (Å²) >= 11 is 1.61. The molecule has 8 heteroatoms. The summed E-state index contributed by atoms with van der Waals surface area (Å²) in [6.45, 7) is 7.49. The van der Waals surface area contributed by atoms with E-state index in [1.54, 1.807) is 23.6 Å². The number of thioether (sulfide) groups is 1. The predicted molar refractivity (Wildman–Crippen MR) is 127 cm³/mol. The van der Waals surface area contributed by atoms with E-state index < -0.39 is 34.2 Å². The first-order valence-electron chi connectivity index (χ1n) is 11.8. The van der Waals surface area contributed by atoms with Crippen LogP contribution in [0.5, 0.6) is 0 Å². The number of rotatable bonds is 7. The van der Waals surface area contributed by atoms with E-state index in [1.165, 1.54) is 0 Å². The minimum Gasteiger partial charge on any atom is -0.466 e. The number of aliphatic hydroxyl groups excluding tert-OH is 1. The number of esters is 1. The Morgan fingerprint density at radius 1 is 1.30 bits per heavy atom. The predicted octanol–water partition coefficient (Wildman–Crippen LogP) is 2.16. The normalized spacial score (nSPS) is 31.4. The number of carbonyl (C=O) groups is 3. The number of likely N-dealkylation sites (tertiary alicyclic amines) is 1. The van der Waals surface area contributed by atoms with Gasteiger partial charge in [0.1, 0.15) is 6.04 Å². The molecule has 3 aliphatic heterocycles. The molecule has 7 nitrogen and oxygen atoms in total. The number of hydrogen-bond acceptors (Lipinski definition) is 6. The fourth-order valence-corrected chi connectivity index (χ4v) is 8.06. The van der Waals surface area contributed by atoms with Crippen LogP contribution in [-0.4, -0.2) is 68.6 Å². The molecule has 2 bridgehead atoms. The van der Waals surface area contributed by atoms with E-state index in [2.05, 4.69) is 5.32 Å². The van der Waals surface area contributed by atoms with Crippen molar-refractivity contribution in [2.24, 2.45) is 11.8 Å². The molecule has 0 aromatic heterocycles. The first kappa shape index (κ1) is 24.1. The maximum absolute atomic E-state index is 14.0. The van der Waals surface area contributed by atoms with E-state index in [1.807, 2.05) is 51.1 Å². The second kappa shape index (κ2) is 8.95. The number of nitrogens with one attached hydrogen (secondary N) is 1. The molecule has 0 aliphatic carbocycles. The van der Waals surface area contributed by atoms with Gasteiger partial charge in [0.2, 0.25) is 11.8 Å². The summed E-state index contributed by atoms with van der Waals surface area (Å²) in [7, 11) is 0. The van der Waals surface area contributed by atoms with Crippen molar-refractivity contribution in [2.75, 3.05) is 13.2 Å². The van der Waals surface area contributed by atoms with Crippen LogP contribution in [0.4, 0.5) is 0 Å². The van der Waals surface area contributed by atoms with Gasteiger partial charge in [-0.05, 0) is 52.5 Å². The van der Waals surface area contributed by atoms with Crippen LogP contribution < -0.4 is 5.32 Å². The Balaban J connectivity index is 1.75. The van der Waals surface area contributed by atoms with Crippen molar-refractivity contribution in [3.05, 3.63) is 35.9 Å². The average Bonchev–Trinajstić information content (AvgIpc) is 3.39. The van der Waals surface area contributed by atoms with Crippen LogP contribution >= 0.6 is 11.8 Å². The number of benzene rings is 1. The number of aliphatic hydroxyl groups is 1. The Morgan fingerprint density at radius 2 is 2.00 bits per heavy atom. The fraction of sp³-hybridized carbons (Fsp3) is 0.640. The van der Waals surface area contributed by atoms with Crippen LogP contribution in [0.25, 0.3) is 0 Å². The molecule has 4 rings (SSSR count). The zero-order chi connectivity index (χ0) is 24.0. The number of fused-ring (bicyclic) bond motifs is 1. The van der Waals surface area contributed by atoms with E-state index in [-0.39, 0.29) is 36.2 Å². The van der Waals surface area contributed by atoms with Crippen molar-refractivity contribution >= 4 is 29.5 Å². The molecule has 3 fully saturated rings. The molecule has 3 aliphatic rings. The van der Waals surface area contributed by atoms with E-state index in [4.69, 9.17) is 4.74 Å². The van der Waals surface area contributed by atoms with Gasteiger partial charge in [-0.1, -0.05) is 30.3 Å². The lowest BCUT2D eigenvalue weighted by Gasteiger charge is -2.38. The molecule has 1 aromatic rings. The van der Waals surface area contributed by atoms with Gasteiger partial charge in [-0.25, -0.2) is 0 Å². The minimum atomic E-state index is -0.746. The highest BCUT2D eigenvalue weighted by molar-refractivity contribution is 8.02. The Kier molecular flexibility index (Phi) is 6.53. The van der Waals surface area contributed by atoms with E-state index in [0.29, 0.717) is 12.8 Å². The summed E-state index contributed by atoms with van der Waals surface area (Å²) in [6.07, 6.45) is 1.90. The number of amides is 2. The number of carbonyl (C=O) groups excluding carboxylic acids is 3. The lowest BCUT2D eigenvalue weighted by molar-refractivity contribution is -0.154. The smallest absolute Gasteiger partial charge is 0.310 e. The SMILES string of the molecule is CCOC(=O)[C@@H]1[C@@H]2CCC3(S2)C(C(=O)NC(C)(C)C)N([C@@H](CO)Cc2ccccc2)C(=O)[C@H]13. The first-order valence-corrected chi connectivity index (χ1v) is 12.6. The number of hydrogen-bond donors (Lipinski definition) is 2. The number of ether oxygens (including phenoxy) is 1. The van der Waals surface area contributed by atoms with Crippen molar-refractivity contribution < 1.29 is 24.2 Å². The van der Waals surface area contributed by atoms with Gasteiger partial charge >= 0.3 is 5.97 Å². The van der Waals surface area contributed by atoms with Crippen molar-refractivity contribution in [1.29, 1.82) is 0 Å². The van der Waals surface area contributed by atoms with Gasteiger partial charge in [0.05, 0.1) is 35.8 Å². The second-order valence-electron chi connectivity index (χ2n) is 10.3. The third-order valence-corrected chi connectivity index (χ3v) is 8.91. The third kappa shape index (κ3) is 4.16. The third-order valence-electron chi connectivity index (χ3n) is 6.96. The van der Waals surface area contributed by atoms with Gasteiger partial charge in [-0.3, -0.25) is 14.4 Å². The molecule has 0 saturated carbocycles. The van der Waals surface area contributed by atoms with E-state index >= 15 is 0 Å². The van der Waals surface area contributed by atoms with Gasteiger partial charge in [-0.2, -0.15) is 0 Å². The summed E-state index contributed by atoms with van der Waals surface area (Å²) < 4.78 is 4.67. The maximum atomic E-state index is 14.0. The van der Waals surface area contributed by atoms with E-state index in [9.17, 15) is 19.5 Å². The maximum Gasteiger partial charge on any atom is 0.310 e. The van der Waals surface area contributed by atoms with Gasteiger partial charge in [0.25, 0.3) is 0 Å². The number of nitrogens with zero attached hydrogens (tertiary/aromatic N) is 1. The zero-order valence-electron chi connectivity index (χ0n) is 19.7. The Labute approximate surface area is 199 Å². The highest BCUT2D eigenvalue weighted by Crippen LogP contribution is 2.66. The quantitative estimate of drug-likeness (QED) is 0.588. The topological polar surface area (TPSA) is 95.9 Å². The molecule has 2 amide bonds. The standard InChI is InChI=1S/C25H34N2O5S/c1-5-32-23(31)18-17-11-12-25(33-17)19(18)22(30)27(20(25)21(29)26-24(2,3)4)16(14-28)13-15-9-7-6-8-10-15/h6-10,16-20,28H,5,11-14H2,1-4H3,(H,26,29)/t16-,17+,18-,19+,20?,25?/m1/s1. The van der Waals surface area contributed by atoms with Crippen LogP contribution in [-0.2, 0) is 25.5 Å². The van der Waals surface area contributed by atoms with E-state index in [0.717, 1.165) is 12.0 Å². The summed E-state index contributed by atoms with van der Waals surface area (Å²) in [5, 5.41) is 13.4.